The highest BCUT2D eigenvalue weighted by Gasteiger charge is 2.28. The van der Waals surface area contributed by atoms with Gasteiger partial charge in [-0.1, -0.05) is 60.5 Å². The van der Waals surface area contributed by atoms with E-state index in [0.717, 1.165) is 32.3 Å². The molecule has 10 heteroatoms. The third-order valence-corrected chi connectivity index (χ3v) is 8.43. The Bertz CT molecular complexity index is 1490. The number of rotatable bonds is 8. The molecule has 0 saturated heterocycles. The number of thioether (sulfide) groups is 1. The van der Waals surface area contributed by atoms with E-state index in [1.807, 2.05) is 52.0 Å². The Kier molecular flexibility index (Phi) is 8.77. The van der Waals surface area contributed by atoms with Gasteiger partial charge in [0.2, 0.25) is 5.13 Å². The Morgan fingerprint density at radius 3 is 2.39 bits per heavy atom. The molecule has 2 aromatic heterocycles. The first kappa shape index (κ1) is 28.5. The SMILES string of the molecule is COC(=O)c1c(-c2cc(C)cc(OC(C)C)c2)c(C)nn1-c1nc(-c2ccc(Cl)c(Cl)c2)c(SC(C)C)s1. The molecule has 0 atom stereocenters. The number of methoxy groups -OCH3 is 1. The van der Waals surface area contributed by atoms with Crippen LogP contribution >= 0.6 is 46.3 Å². The summed E-state index contributed by atoms with van der Waals surface area (Å²) in [5.41, 5.74) is 5.09. The molecule has 0 radical (unpaired) electrons. The zero-order chi connectivity index (χ0) is 27.7. The smallest absolute Gasteiger partial charge is 0.357 e. The van der Waals surface area contributed by atoms with Crippen molar-refractivity contribution in [1.29, 1.82) is 0 Å². The van der Waals surface area contributed by atoms with Crippen LogP contribution in [0.4, 0.5) is 0 Å². The molecule has 2 heterocycles. The van der Waals surface area contributed by atoms with Crippen molar-refractivity contribution in [2.75, 3.05) is 7.11 Å². The zero-order valence-electron chi connectivity index (χ0n) is 22.3. The highest BCUT2D eigenvalue weighted by Crippen LogP contribution is 2.42. The summed E-state index contributed by atoms with van der Waals surface area (Å²) in [6, 6.07) is 11.4. The quantitative estimate of drug-likeness (QED) is 0.151. The molecule has 0 aliphatic carbocycles. The van der Waals surface area contributed by atoms with Crippen molar-refractivity contribution >= 4 is 52.3 Å². The Hall–Kier alpha value is -2.52. The number of hydrogen-bond donors (Lipinski definition) is 0. The number of nitrogens with zero attached hydrogens (tertiary/aromatic N) is 3. The first-order valence-corrected chi connectivity index (χ1v) is 14.5. The standard InChI is InChI=1S/C28H29Cl2N3O3S2/c1-14(2)36-20-11-16(5)10-19(12-20)23-17(6)32-33(25(23)26(34)35-7)28-31-24(27(38-28)37-15(3)4)18-8-9-21(29)22(30)13-18/h8-15H,1-7H3. The third-order valence-electron chi connectivity index (χ3n) is 5.45. The van der Waals surface area contributed by atoms with Crippen molar-refractivity contribution in [3.63, 3.8) is 0 Å². The molecule has 38 heavy (non-hydrogen) atoms. The lowest BCUT2D eigenvalue weighted by Crippen LogP contribution is -2.11. The molecule has 0 unspecified atom stereocenters. The van der Waals surface area contributed by atoms with E-state index in [9.17, 15) is 4.79 Å². The van der Waals surface area contributed by atoms with Gasteiger partial charge in [0, 0.05) is 16.4 Å². The van der Waals surface area contributed by atoms with E-state index >= 15 is 0 Å². The molecule has 0 aliphatic rings. The molecule has 0 bridgehead atoms. The van der Waals surface area contributed by atoms with Gasteiger partial charge in [0.05, 0.1) is 38.9 Å². The number of aromatic nitrogens is 3. The molecule has 0 saturated carbocycles. The van der Waals surface area contributed by atoms with Crippen molar-refractivity contribution < 1.29 is 14.3 Å². The Morgan fingerprint density at radius 1 is 1.03 bits per heavy atom. The average molecular weight is 591 g/mol. The van der Waals surface area contributed by atoms with Crippen LogP contribution in [0, 0.1) is 13.8 Å². The molecule has 6 nitrogen and oxygen atoms in total. The van der Waals surface area contributed by atoms with Gasteiger partial charge < -0.3 is 9.47 Å². The first-order chi connectivity index (χ1) is 18.0. The third kappa shape index (κ3) is 6.04. The number of halogens is 2. The van der Waals surface area contributed by atoms with Gasteiger partial charge in [-0.2, -0.15) is 9.78 Å². The summed E-state index contributed by atoms with van der Waals surface area (Å²) in [5.74, 6) is 0.225. The average Bonchev–Trinajstić information content (AvgIpc) is 3.40. The maximum atomic E-state index is 13.2. The second kappa shape index (κ2) is 11.7. The fourth-order valence-electron chi connectivity index (χ4n) is 4.03. The highest BCUT2D eigenvalue weighted by molar-refractivity contribution is 8.01. The number of aryl methyl sites for hydroxylation is 2. The second-order valence-corrected chi connectivity index (χ2v) is 13.0. The predicted octanol–water partition coefficient (Wildman–Crippen LogP) is 8.66. The molecule has 0 fully saturated rings. The normalized spacial score (nSPS) is 11.4. The monoisotopic (exact) mass is 589 g/mol. The number of hydrogen-bond acceptors (Lipinski definition) is 7. The summed E-state index contributed by atoms with van der Waals surface area (Å²) in [4.78, 5) is 18.1. The van der Waals surface area contributed by atoms with Crippen molar-refractivity contribution in [2.45, 2.75) is 57.1 Å². The summed E-state index contributed by atoms with van der Waals surface area (Å²) in [7, 11) is 1.37. The lowest BCUT2D eigenvalue weighted by molar-refractivity contribution is 0.0591. The van der Waals surface area contributed by atoms with E-state index in [0.29, 0.717) is 37.4 Å². The molecule has 2 aromatic carbocycles. The van der Waals surface area contributed by atoms with Gasteiger partial charge in [0.25, 0.3) is 0 Å². The van der Waals surface area contributed by atoms with E-state index in [2.05, 4.69) is 13.8 Å². The van der Waals surface area contributed by atoms with Crippen LogP contribution in [0.15, 0.2) is 40.6 Å². The maximum absolute atomic E-state index is 13.2. The van der Waals surface area contributed by atoms with Crippen LogP contribution in [-0.4, -0.2) is 39.2 Å². The van der Waals surface area contributed by atoms with Gasteiger partial charge >= 0.3 is 5.97 Å². The van der Waals surface area contributed by atoms with Gasteiger partial charge in [-0.05, 0) is 63.1 Å². The van der Waals surface area contributed by atoms with Gasteiger partial charge in [-0.25, -0.2) is 9.78 Å². The van der Waals surface area contributed by atoms with Crippen LogP contribution < -0.4 is 4.74 Å². The van der Waals surface area contributed by atoms with Gasteiger partial charge in [0.15, 0.2) is 5.69 Å². The van der Waals surface area contributed by atoms with E-state index in [1.54, 1.807) is 28.6 Å². The van der Waals surface area contributed by atoms with Crippen LogP contribution in [0.3, 0.4) is 0 Å². The fraction of sp³-hybridized carbons (Fsp3) is 0.321. The van der Waals surface area contributed by atoms with Crippen LogP contribution in [0.25, 0.3) is 27.5 Å². The molecule has 0 amide bonds. The van der Waals surface area contributed by atoms with Crippen molar-refractivity contribution in [2.24, 2.45) is 0 Å². The summed E-state index contributed by atoms with van der Waals surface area (Å²) in [5, 5.41) is 6.56. The summed E-state index contributed by atoms with van der Waals surface area (Å²) in [6.45, 7) is 12.1. The Morgan fingerprint density at radius 2 is 1.76 bits per heavy atom. The zero-order valence-corrected chi connectivity index (χ0v) is 25.4. The molecule has 200 valence electrons. The maximum Gasteiger partial charge on any atom is 0.357 e. The van der Waals surface area contributed by atoms with Crippen molar-refractivity contribution in [3.05, 3.63) is 63.4 Å². The van der Waals surface area contributed by atoms with E-state index in [-0.39, 0.29) is 6.10 Å². The van der Waals surface area contributed by atoms with Crippen LogP contribution in [0.5, 0.6) is 5.75 Å². The largest absolute Gasteiger partial charge is 0.491 e. The first-order valence-electron chi connectivity index (χ1n) is 12.1. The second-order valence-electron chi connectivity index (χ2n) is 9.34. The molecular weight excluding hydrogens is 561 g/mol. The van der Waals surface area contributed by atoms with E-state index < -0.39 is 5.97 Å². The van der Waals surface area contributed by atoms with E-state index in [4.69, 9.17) is 42.8 Å². The molecule has 0 spiro atoms. The number of thiazole rings is 1. The highest BCUT2D eigenvalue weighted by atomic mass is 35.5. The topological polar surface area (TPSA) is 66.2 Å². The van der Waals surface area contributed by atoms with Gasteiger partial charge in [-0.3, -0.25) is 0 Å². The lowest BCUT2D eigenvalue weighted by Gasteiger charge is -2.13. The van der Waals surface area contributed by atoms with Gasteiger partial charge in [0.1, 0.15) is 5.75 Å². The summed E-state index contributed by atoms with van der Waals surface area (Å²) in [6.07, 6.45) is 0.0144. The van der Waals surface area contributed by atoms with Crippen molar-refractivity contribution in [3.8, 4) is 33.3 Å². The van der Waals surface area contributed by atoms with Crippen LogP contribution in [0.1, 0.15) is 49.4 Å². The summed E-state index contributed by atoms with van der Waals surface area (Å²) < 4.78 is 13.8. The minimum atomic E-state index is -0.502. The molecule has 4 aromatic rings. The fourth-order valence-corrected chi connectivity index (χ4v) is 6.81. The lowest BCUT2D eigenvalue weighted by atomic mass is 10.0. The number of carbonyl (C=O) groups excluding carboxylic acids is 1. The van der Waals surface area contributed by atoms with Crippen molar-refractivity contribution in [1.82, 2.24) is 14.8 Å². The molecule has 0 N–H and O–H groups in total. The number of ether oxygens (including phenoxy) is 2. The van der Waals surface area contributed by atoms with Crippen LogP contribution in [0.2, 0.25) is 10.0 Å². The minimum Gasteiger partial charge on any atom is -0.491 e. The molecule has 0 aliphatic heterocycles. The summed E-state index contributed by atoms with van der Waals surface area (Å²) >= 11 is 15.6. The van der Waals surface area contributed by atoms with Gasteiger partial charge in [-0.15, -0.1) is 11.8 Å². The number of benzene rings is 2. The number of carbonyl (C=O) groups is 1. The number of esters is 1. The molecule has 4 rings (SSSR count). The molecular formula is C28H29Cl2N3O3S2. The predicted molar refractivity (Wildman–Crippen MR) is 158 cm³/mol. The Balaban J connectivity index is 1.93. The van der Waals surface area contributed by atoms with E-state index in [1.165, 1.54) is 18.4 Å². The Labute approximate surface area is 241 Å². The van der Waals surface area contributed by atoms with Crippen LogP contribution in [-0.2, 0) is 4.74 Å². The minimum absolute atomic E-state index is 0.0144.